The lowest BCUT2D eigenvalue weighted by Crippen LogP contribution is -2.36. The van der Waals surface area contributed by atoms with Crippen molar-refractivity contribution < 1.29 is 23.1 Å². The summed E-state index contributed by atoms with van der Waals surface area (Å²) in [7, 11) is 0. The van der Waals surface area contributed by atoms with Crippen LogP contribution in [-0.4, -0.2) is 65.2 Å². The molecule has 1 fully saturated rings. The molecule has 3 aromatic heterocycles. The minimum Gasteiger partial charge on any atom is -0.475 e. The first-order valence-corrected chi connectivity index (χ1v) is 10.1. The van der Waals surface area contributed by atoms with Gasteiger partial charge < -0.3 is 10.1 Å². The Labute approximate surface area is 184 Å². The van der Waals surface area contributed by atoms with E-state index in [0.717, 1.165) is 54.7 Å². The zero-order valence-electron chi connectivity index (χ0n) is 17.2. The molecule has 0 radical (unpaired) electrons. The van der Waals surface area contributed by atoms with Crippen LogP contribution < -0.4 is 5.69 Å². The van der Waals surface area contributed by atoms with Crippen molar-refractivity contribution in [1.82, 2.24) is 34.8 Å². The summed E-state index contributed by atoms with van der Waals surface area (Å²) in [4.78, 5) is 31.0. The third kappa shape index (κ3) is 5.03. The van der Waals surface area contributed by atoms with Crippen LogP contribution in [-0.2, 0) is 11.3 Å². The standard InChI is InChI=1S/C18H19N7O.C2HF3O2/c26-18-20-15-2-1-7-19-17(15)25(18)13-5-8-24(9-6-13)11-12-3-4-14-16(10-12)22-23-21-14;3-2(4,5)1(6)7/h1-4,7,10,13H,5-6,8-9,11H2,(H,20,26)(H,21,22,23);(H,6,7). The monoisotopic (exact) mass is 463 g/mol. The lowest BCUT2D eigenvalue weighted by Gasteiger charge is -2.32. The largest absolute Gasteiger partial charge is 0.490 e. The summed E-state index contributed by atoms with van der Waals surface area (Å²) in [5.41, 5.74) is 4.52. The molecular weight excluding hydrogens is 443 g/mol. The Balaban J connectivity index is 0.000000325. The number of carbonyl (C=O) groups is 1. The van der Waals surface area contributed by atoms with E-state index in [2.05, 4.69) is 42.4 Å². The molecule has 0 spiro atoms. The molecule has 1 saturated heterocycles. The predicted octanol–water partition coefficient (Wildman–Crippen LogP) is 2.47. The van der Waals surface area contributed by atoms with Crippen LogP contribution in [0.2, 0.25) is 0 Å². The fourth-order valence-electron chi connectivity index (χ4n) is 3.87. The van der Waals surface area contributed by atoms with E-state index >= 15 is 0 Å². The van der Waals surface area contributed by atoms with E-state index in [9.17, 15) is 18.0 Å². The van der Waals surface area contributed by atoms with Gasteiger partial charge in [-0.2, -0.15) is 28.6 Å². The molecule has 0 saturated carbocycles. The van der Waals surface area contributed by atoms with Crippen LogP contribution >= 0.6 is 0 Å². The van der Waals surface area contributed by atoms with E-state index < -0.39 is 12.1 Å². The first-order valence-electron chi connectivity index (χ1n) is 10.1. The highest BCUT2D eigenvalue weighted by molar-refractivity contribution is 5.74. The number of rotatable bonds is 3. The molecule has 4 aromatic rings. The van der Waals surface area contributed by atoms with Gasteiger partial charge in [0.05, 0.1) is 5.52 Å². The SMILES string of the molecule is O=C(O)C(F)(F)F.O=c1[nH]c2cccnc2n1C1CCN(Cc2ccc3n[nH]nc3c2)CC1. The molecule has 0 amide bonds. The normalized spacial score (nSPS) is 15.5. The number of imidazole rings is 1. The molecule has 4 heterocycles. The first-order chi connectivity index (χ1) is 15.7. The number of aromatic amines is 2. The Morgan fingerprint density at radius 2 is 1.85 bits per heavy atom. The number of carboxylic acid groups (broad SMARTS) is 1. The number of benzene rings is 1. The number of piperidine rings is 1. The van der Waals surface area contributed by atoms with Crippen LogP contribution in [0.25, 0.3) is 22.2 Å². The van der Waals surface area contributed by atoms with Gasteiger partial charge in [-0.25, -0.2) is 14.6 Å². The number of likely N-dealkylation sites (tertiary alicyclic amines) is 1. The van der Waals surface area contributed by atoms with Gasteiger partial charge in [0.1, 0.15) is 11.0 Å². The number of H-pyrrole nitrogens is 2. The molecule has 13 heteroatoms. The van der Waals surface area contributed by atoms with E-state index in [1.807, 2.05) is 22.8 Å². The van der Waals surface area contributed by atoms with Crippen LogP contribution in [0.1, 0.15) is 24.4 Å². The molecular formula is C20H20F3N7O3. The summed E-state index contributed by atoms with van der Waals surface area (Å²) < 4.78 is 33.6. The Bertz CT molecular complexity index is 1320. The quantitative estimate of drug-likeness (QED) is 0.425. The maximum atomic E-state index is 12.3. The van der Waals surface area contributed by atoms with E-state index in [4.69, 9.17) is 9.90 Å². The van der Waals surface area contributed by atoms with Crippen LogP contribution in [0, 0.1) is 0 Å². The number of nitrogens with one attached hydrogen (secondary N) is 2. The van der Waals surface area contributed by atoms with Gasteiger partial charge in [0.15, 0.2) is 5.65 Å². The average molecular weight is 463 g/mol. The first kappa shape index (κ1) is 22.5. The maximum absolute atomic E-state index is 12.3. The second-order valence-corrected chi connectivity index (χ2v) is 7.63. The third-order valence-corrected chi connectivity index (χ3v) is 5.43. The van der Waals surface area contributed by atoms with Gasteiger partial charge in [0.25, 0.3) is 0 Å². The van der Waals surface area contributed by atoms with Gasteiger partial charge in [-0.05, 0) is 42.7 Å². The second-order valence-electron chi connectivity index (χ2n) is 7.63. The van der Waals surface area contributed by atoms with Crippen molar-refractivity contribution in [2.45, 2.75) is 31.6 Å². The highest BCUT2D eigenvalue weighted by Crippen LogP contribution is 2.25. The molecule has 3 N–H and O–H groups in total. The van der Waals surface area contributed by atoms with Crippen molar-refractivity contribution >= 4 is 28.2 Å². The number of alkyl halides is 3. The van der Waals surface area contributed by atoms with Crippen LogP contribution in [0.5, 0.6) is 0 Å². The van der Waals surface area contributed by atoms with E-state index in [1.165, 1.54) is 5.56 Å². The smallest absolute Gasteiger partial charge is 0.475 e. The predicted molar refractivity (Wildman–Crippen MR) is 111 cm³/mol. The second kappa shape index (κ2) is 9.02. The lowest BCUT2D eigenvalue weighted by atomic mass is 10.0. The van der Waals surface area contributed by atoms with E-state index in [-0.39, 0.29) is 11.7 Å². The van der Waals surface area contributed by atoms with Crippen molar-refractivity contribution in [3.05, 3.63) is 52.6 Å². The number of hydrogen-bond acceptors (Lipinski definition) is 6. The zero-order chi connectivity index (χ0) is 23.6. The number of pyridine rings is 1. The van der Waals surface area contributed by atoms with Gasteiger partial charge in [0, 0.05) is 31.9 Å². The summed E-state index contributed by atoms with van der Waals surface area (Å²) >= 11 is 0. The lowest BCUT2D eigenvalue weighted by molar-refractivity contribution is -0.192. The Morgan fingerprint density at radius 1 is 1.15 bits per heavy atom. The number of halogens is 3. The van der Waals surface area contributed by atoms with Crippen LogP contribution in [0.4, 0.5) is 13.2 Å². The summed E-state index contributed by atoms with van der Waals surface area (Å²) in [5, 5.41) is 18.0. The fourth-order valence-corrected chi connectivity index (χ4v) is 3.87. The maximum Gasteiger partial charge on any atom is 0.490 e. The summed E-state index contributed by atoms with van der Waals surface area (Å²) in [6.45, 7) is 2.79. The molecule has 10 nitrogen and oxygen atoms in total. The van der Waals surface area contributed by atoms with E-state index in [1.54, 1.807) is 6.20 Å². The van der Waals surface area contributed by atoms with Crippen molar-refractivity contribution in [2.24, 2.45) is 0 Å². The molecule has 5 rings (SSSR count). The Kier molecular flexibility index (Phi) is 6.14. The number of aliphatic carboxylic acids is 1. The molecule has 33 heavy (non-hydrogen) atoms. The molecule has 1 aromatic carbocycles. The Hall–Kier alpha value is -3.74. The summed E-state index contributed by atoms with van der Waals surface area (Å²) in [6, 6.07) is 10.1. The van der Waals surface area contributed by atoms with Crippen LogP contribution in [0.3, 0.4) is 0 Å². The molecule has 0 atom stereocenters. The van der Waals surface area contributed by atoms with E-state index in [0.29, 0.717) is 0 Å². The number of aromatic nitrogens is 6. The van der Waals surface area contributed by atoms with Gasteiger partial charge >= 0.3 is 17.8 Å². The molecule has 1 aliphatic rings. The van der Waals surface area contributed by atoms with Crippen molar-refractivity contribution in [3.63, 3.8) is 0 Å². The number of hydrogen-bond donors (Lipinski definition) is 3. The van der Waals surface area contributed by atoms with Crippen molar-refractivity contribution in [2.75, 3.05) is 13.1 Å². The number of fused-ring (bicyclic) bond motifs is 2. The molecule has 174 valence electrons. The van der Waals surface area contributed by atoms with Gasteiger partial charge in [-0.15, -0.1) is 0 Å². The molecule has 1 aliphatic heterocycles. The Morgan fingerprint density at radius 3 is 2.55 bits per heavy atom. The van der Waals surface area contributed by atoms with Crippen LogP contribution in [0.15, 0.2) is 41.3 Å². The zero-order valence-corrected chi connectivity index (χ0v) is 17.2. The number of nitrogens with zero attached hydrogens (tertiary/aromatic N) is 5. The minimum atomic E-state index is -5.08. The van der Waals surface area contributed by atoms with Crippen molar-refractivity contribution in [1.29, 1.82) is 0 Å². The molecule has 0 bridgehead atoms. The third-order valence-electron chi connectivity index (χ3n) is 5.43. The minimum absolute atomic E-state index is 0.0615. The van der Waals surface area contributed by atoms with Gasteiger partial charge in [-0.3, -0.25) is 9.47 Å². The highest BCUT2D eigenvalue weighted by atomic mass is 19.4. The van der Waals surface area contributed by atoms with Gasteiger partial charge in [0.2, 0.25) is 0 Å². The fraction of sp³-hybridized carbons (Fsp3) is 0.350. The average Bonchev–Trinajstić information content (AvgIpc) is 3.37. The number of carboxylic acids is 1. The highest BCUT2D eigenvalue weighted by Gasteiger charge is 2.38. The molecule has 0 aliphatic carbocycles. The van der Waals surface area contributed by atoms with Crippen molar-refractivity contribution in [3.8, 4) is 0 Å². The van der Waals surface area contributed by atoms with Gasteiger partial charge in [-0.1, -0.05) is 6.07 Å². The topological polar surface area (TPSA) is 133 Å². The summed E-state index contributed by atoms with van der Waals surface area (Å²) in [6.07, 6.45) is -1.47. The summed E-state index contributed by atoms with van der Waals surface area (Å²) in [5.74, 6) is -2.76. The molecule has 0 unspecified atom stereocenters.